The minimum Gasteiger partial charge on any atom is -0.382 e. The molecule has 1 aromatic carbocycles. The number of hydrogen-bond acceptors (Lipinski definition) is 3. The molecule has 0 saturated heterocycles. The summed E-state index contributed by atoms with van der Waals surface area (Å²) in [7, 11) is 1.39. The van der Waals surface area contributed by atoms with E-state index in [0.717, 1.165) is 29.4 Å². The van der Waals surface area contributed by atoms with E-state index in [4.69, 9.17) is 0 Å². The summed E-state index contributed by atoms with van der Waals surface area (Å²) in [6, 6.07) is 7.76. The molecule has 0 spiro atoms. The number of hydrogen-bond donors (Lipinski definition) is 2. The second-order valence-corrected chi connectivity index (χ2v) is 6.03. The van der Waals surface area contributed by atoms with Gasteiger partial charge in [0.25, 0.3) is 12.3 Å². The van der Waals surface area contributed by atoms with Crippen molar-refractivity contribution in [3.05, 3.63) is 41.7 Å². The summed E-state index contributed by atoms with van der Waals surface area (Å²) in [5.74, 6) is -0.587. The van der Waals surface area contributed by atoms with E-state index in [0.29, 0.717) is 11.7 Å². The van der Waals surface area contributed by atoms with E-state index >= 15 is 0 Å². The fourth-order valence-electron chi connectivity index (χ4n) is 3.07. The van der Waals surface area contributed by atoms with E-state index in [1.54, 1.807) is 6.07 Å². The number of aromatic nitrogens is 2. The molecule has 0 aliphatic heterocycles. The van der Waals surface area contributed by atoms with Crippen molar-refractivity contribution in [2.75, 3.05) is 10.6 Å². The summed E-state index contributed by atoms with van der Waals surface area (Å²) in [5, 5.41) is 9.86. The van der Waals surface area contributed by atoms with Crippen LogP contribution in [0.4, 0.5) is 20.2 Å². The molecule has 1 heterocycles. The number of carbonyl (C=O) groups is 1. The van der Waals surface area contributed by atoms with Crippen molar-refractivity contribution in [2.45, 2.75) is 38.2 Å². The Kier molecular flexibility index (Phi) is 4.78. The monoisotopic (exact) mass is 334 g/mol. The van der Waals surface area contributed by atoms with Gasteiger partial charge in [-0.2, -0.15) is 5.10 Å². The average molecular weight is 334 g/mol. The van der Waals surface area contributed by atoms with Crippen molar-refractivity contribution >= 4 is 17.3 Å². The van der Waals surface area contributed by atoms with Crippen molar-refractivity contribution in [1.82, 2.24) is 9.78 Å². The number of aryl methyl sites for hydroxylation is 1. The van der Waals surface area contributed by atoms with E-state index < -0.39 is 12.3 Å². The van der Waals surface area contributed by atoms with E-state index in [1.165, 1.54) is 19.9 Å². The molecule has 128 valence electrons. The first kappa shape index (κ1) is 16.4. The molecule has 7 heteroatoms. The SMILES string of the molecule is Cn1ncc(C(=O)Nc2cccc(NC3CCCC3)c2)c1C(F)F. The van der Waals surface area contributed by atoms with Gasteiger partial charge in [-0.15, -0.1) is 0 Å². The maximum atomic E-state index is 13.1. The molecular weight excluding hydrogens is 314 g/mol. The van der Waals surface area contributed by atoms with Crippen LogP contribution in [0.2, 0.25) is 0 Å². The number of alkyl halides is 2. The highest BCUT2D eigenvalue weighted by Crippen LogP contribution is 2.25. The molecule has 2 N–H and O–H groups in total. The third-order valence-electron chi connectivity index (χ3n) is 4.28. The number of benzene rings is 1. The Morgan fingerprint density at radius 1 is 1.29 bits per heavy atom. The summed E-state index contributed by atoms with van der Waals surface area (Å²) in [6.45, 7) is 0. The maximum absolute atomic E-state index is 13.1. The van der Waals surface area contributed by atoms with E-state index in [1.807, 2.05) is 18.2 Å². The average Bonchev–Trinajstić information content (AvgIpc) is 3.17. The quantitative estimate of drug-likeness (QED) is 0.870. The second-order valence-electron chi connectivity index (χ2n) is 6.03. The van der Waals surface area contributed by atoms with Crippen molar-refractivity contribution < 1.29 is 13.6 Å². The van der Waals surface area contributed by atoms with Gasteiger partial charge in [0.1, 0.15) is 5.69 Å². The molecule has 1 aromatic heterocycles. The van der Waals surface area contributed by atoms with Crippen LogP contribution in [0.1, 0.15) is 48.2 Å². The predicted molar refractivity (Wildman–Crippen MR) is 88.4 cm³/mol. The van der Waals surface area contributed by atoms with Gasteiger partial charge in [0, 0.05) is 24.5 Å². The summed E-state index contributed by atoms with van der Waals surface area (Å²) in [5.41, 5.74) is 0.987. The minimum absolute atomic E-state index is 0.110. The number of carbonyl (C=O) groups excluding carboxylic acids is 1. The highest BCUT2D eigenvalue weighted by Gasteiger charge is 2.23. The molecule has 1 amide bonds. The topological polar surface area (TPSA) is 59.0 Å². The first-order valence-electron chi connectivity index (χ1n) is 8.02. The second kappa shape index (κ2) is 6.98. The summed E-state index contributed by atoms with van der Waals surface area (Å²) < 4.78 is 27.1. The van der Waals surface area contributed by atoms with E-state index in [-0.39, 0.29) is 11.3 Å². The Balaban J connectivity index is 1.72. The van der Waals surface area contributed by atoms with Gasteiger partial charge < -0.3 is 10.6 Å². The minimum atomic E-state index is -2.76. The first-order valence-corrected chi connectivity index (χ1v) is 8.02. The summed E-state index contributed by atoms with van der Waals surface area (Å²) >= 11 is 0. The van der Waals surface area contributed by atoms with Crippen molar-refractivity contribution in [3.63, 3.8) is 0 Å². The predicted octanol–water partition coefficient (Wildman–Crippen LogP) is 3.96. The Labute approximate surface area is 139 Å². The molecular formula is C17H20F2N4O. The molecule has 5 nitrogen and oxygen atoms in total. The molecule has 0 unspecified atom stereocenters. The van der Waals surface area contributed by atoms with Gasteiger partial charge in [0.15, 0.2) is 0 Å². The van der Waals surface area contributed by atoms with Gasteiger partial charge in [0.2, 0.25) is 0 Å². The van der Waals surface area contributed by atoms with Gasteiger partial charge in [-0.05, 0) is 31.0 Å². The Hall–Kier alpha value is -2.44. The van der Waals surface area contributed by atoms with Crippen LogP contribution >= 0.6 is 0 Å². The number of rotatable bonds is 5. The highest BCUT2D eigenvalue weighted by molar-refractivity contribution is 6.05. The van der Waals surface area contributed by atoms with Gasteiger partial charge >= 0.3 is 0 Å². The molecule has 1 aliphatic rings. The van der Waals surface area contributed by atoms with Gasteiger partial charge in [0.05, 0.1) is 11.8 Å². The zero-order chi connectivity index (χ0) is 17.1. The molecule has 1 saturated carbocycles. The zero-order valence-corrected chi connectivity index (χ0v) is 13.4. The van der Waals surface area contributed by atoms with Crippen LogP contribution in [0.25, 0.3) is 0 Å². The Bertz CT molecular complexity index is 723. The molecule has 0 radical (unpaired) electrons. The number of halogens is 2. The number of nitrogens with one attached hydrogen (secondary N) is 2. The van der Waals surface area contributed by atoms with Crippen LogP contribution in [-0.2, 0) is 7.05 Å². The van der Waals surface area contributed by atoms with Gasteiger partial charge in [-0.1, -0.05) is 18.9 Å². The number of amides is 1. The third kappa shape index (κ3) is 3.55. The fraction of sp³-hybridized carbons (Fsp3) is 0.412. The fourth-order valence-corrected chi connectivity index (χ4v) is 3.07. The lowest BCUT2D eigenvalue weighted by molar-refractivity contribution is 0.100. The number of anilines is 2. The highest BCUT2D eigenvalue weighted by atomic mass is 19.3. The van der Waals surface area contributed by atoms with Crippen LogP contribution in [0.3, 0.4) is 0 Å². The van der Waals surface area contributed by atoms with E-state index in [2.05, 4.69) is 15.7 Å². The Morgan fingerprint density at radius 2 is 2.00 bits per heavy atom. The maximum Gasteiger partial charge on any atom is 0.280 e. The summed E-state index contributed by atoms with van der Waals surface area (Å²) in [4.78, 5) is 12.3. The lowest BCUT2D eigenvalue weighted by Crippen LogP contribution is -2.16. The smallest absolute Gasteiger partial charge is 0.280 e. The first-order chi connectivity index (χ1) is 11.5. The third-order valence-corrected chi connectivity index (χ3v) is 4.28. The number of nitrogens with zero attached hydrogens (tertiary/aromatic N) is 2. The van der Waals surface area contributed by atoms with Crippen LogP contribution in [0.15, 0.2) is 30.5 Å². The normalized spacial score (nSPS) is 15.0. The largest absolute Gasteiger partial charge is 0.382 e. The van der Waals surface area contributed by atoms with Crippen molar-refractivity contribution in [2.24, 2.45) is 7.05 Å². The molecule has 1 fully saturated rings. The lowest BCUT2D eigenvalue weighted by atomic mass is 10.2. The molecule has 24 heavy (non-hydrogen) atoms. The molecule has 2 aromatic rings. The van der Waals surface area contributed by atoms with Crippen LogP contribution in [0, 0.1) is 0 Å². The van der Waals surface area contributed by atoms with Gasteiger partial charge in [-0.25, -0.2) is 8.78 Å². The molecule has 0 bridgehead atoms. The van der Waals surface area contributed by atoms with Crippen LogP contribution < -0.4 is 10.6 Å². The zero-order valence-electron chi connectivity index (χ0n) is 13.4. The van der Waals surface area contributed by atoms with E-state index in [9.17, 15) is 13.6 Å². The molecule has 0 atom stereocenters. The van der Waals surface area contributed by atoms with Crippen molar-refractivity contribution in [3.8, 4) is 0 Å². The van der Waals surface area contributed by atoms with Crippen LogP contribution in [-0.4, -0.2) is 21.7 Å². The lowest BCUT2D eigenvalue weighted by Gasteiger charge is -2.14. The van der Waals surface area contributed by atoms with Gasteiger partial charge in [-0.3, -0.25) is 9.48 Å². The molecule has 1 aliphatic carbocycles. The van der Waals surface area contributed by atoms with Crippen LogP contribution in [0.5, 0.6) is 0 Å². The standard InChI is InChI=1S/C17H20F2N4O/c1-23-15(16(18)19)14(10-20-23)17(24)22-13-8-4-7-12(9-13)21-11-5-2-3-6-11/h4,7-11,16,21H,2-3,5-6H2,1H3,(H,22,24). The summed E-state index contributed by atoms with van der Waals surface area (Å²) in [6.07, 6.45) is 3.15. The molecule has 3 rings (SSSR count). The Morgan fingerprint density at radius 3 is 2.71 bits per heavy atom. The van der Waals surface area contributed by atoms with Crippen molar-refractivity contribution in [1.29, 1.82) is 0 Å².